The van der Waals surface area contributed by atoms with Crippen molar-refractivity contribution in [2.75, 3.05) is 26.7 Å². The van der Waals surface area contributed by atoms with Crippen LogP contribution in [0.3, 0.4) is 0 Å². The number of carbonyl (C=O) groups is 1. The van der Waals surface area contributed by atoms with Gasteiger partial charge in [0.05, 0.1) is 0 Å². The molecule has 2 atom stereocenters. The average Bonchev–Trinajstić information content (AvgIpc) is 3.06. The van der Waals surface area contributed by atoms with Gasteiger partial charge in [0.2, 0.25) is 5.91 Å². The Balaban J connectivity index is 1.71. The van der Waals surface area contributed by atoms with E-state index in [0.717, 1.165) is 32.5 Å². The lowest BCUT2D eigenvalue weighted by atomic mass is 9.91. The zero-order chi connectivity index (χ0) is 16.6. The van der Waals surface area contributed by atoms with Gasteiger partial charge in [-0.05, 0) is 37.9 Å². The molecule has 0 spiro atoms. The van der Waals surface area contributed by atoms with Crippen molar-refractivity contribution in [1.82, 2.24) is 15.0 Å². The molecule has 0 N–H and O–H groups in total. The lowest BCUT2D eigenvalue weighted by Crippen LogP contribution is -2.51. The third kappa shape index (κ3) is 3.37. The van der Waals surface area contributed by atoms with Gasteiger partial charge in [-0.2, -0.15) is 0 Å². The summed E-state index contributed by atoms with van der Waals surface area (Å²) in [6.07, 6.45) is 2.33. The van der Waals surface area contributed by atoms with Crippen molar-refractivity contribution in [1.29, 1.82) is 0 Å². The van der Waals surface area contributed by atoms with Crippen molar-refractivity contribution >= 4 is 5.91 Å². The van der Waals surface area contributed by atoms with Crippen LogP contribution in [0.4, 0.5) is 0 Å². The third-order valence-electron chi connectivity index (χ3n) is 4.90. The Labute approximate surface area is 137 Å². The molecule has 1 unspecified atom stereocenters. The Morgan fingerprint density at radius 2 is 2.17 bits per heavy atom. The highest BCUT2D eigenvalue weighted by Gasteiger charge is 2.36. The van der Waals surface area contributed by atoms with E-state index < -0.39 is 0 Å². The summed E-state index contributed by atoms with van der Waals surface area (Å²) < 4.78 is 11.3. The molecule has 2 aliphatic rings. The van der Waals surface area contributed by atoms with Crippen LogP contribution in [0.25, 0.3) is 0 Å². The third-order valence-corrected chi connectivity index (χ3v) is 4.90. The molecule has 0 saturated carbocycles. The van der Waals surface area contributed by atoms with Gasteiger partial charge in [0.15, 0.2) is 5.76 Å². The van der Waals surface area contributed by atoms with Crippen LogP contribution in [0.15, 0.2) is 10.6 Å². The van der Waals surface area contributed by atoms with Crippen LogP contribution in [0.1, 0.15) is 45.3 Å². The molecule has 0 aromatic carbocycles. The molecule has 2 saturated heterocycles. The predicted molar refractivity (Wildman–Crippen MR) is 86.4 cm³/mol. The van der Waals surface area contributed by atoms with Crippen molar-refractivity contribution in [2.45, 2.75) is 51.7 Å². The van der Waals surface area contributed by atoms with Crippen LogP contribution in [0.5, 0.6) is 5.88 Å². The highest BCUT2D eigenvalue weighted by Crippen LogP contribution is 2.32. The van der Waals surface area contributed by atoms with Gasteiger partial charge in [-0.15, -0.1) is 0 Å². The Kier molecular flexibility index (Phi) is 4.62. The van der Waals surface area contributed by atoms with E-state index in [4.69, 9.17) is 9.26 Å². The molecule has 1 aromatic rings. The zero-order valence-electron chi connectivity index (χ0n) is 14.5. The number of aromatic nitrogens is 1. The second-order valence-electron chi connectivity index (χ2n) is 7.27. The van der Waals surface area contributed by atoms with E-state index in [1.54, 1.807) is 6.07 Å². The minimum absolute atomic E-state index is 0.149. The molecule has 0 radical (unpaired) electrons. The van der Waals surface area contributed by atoms with Gasteiger partial charge in [-0.1, -0.05) is 13.8 Å². The first kappa shape index (κ1) is 16.3. The van der Waals surface area contributed by atoms with Gasteiger partial charge in [0, 0.05) is 31.7 Å². The van der Waals surface area contributed by atoms with Gasteiger partial charge >= 0.3 is 0 Å². The Morgan fingerprint density at radius 1 is 1.43 bits per heavy atom. The fourth-order valence-corrected chi connectivity index (χ4v) is 3.54. The number of amides is 1. The molecule has 3 rings (SSSR count). The molecule has 128 valence electrons. The first-order chi connectivity index (χ1) is 11.0. The van der Waals surface area contributed by atoms with E-state index >= 15 is 0 Å². The fourth-order valence-electron chi connectivity index (χ4n) is 3.54. The molecule has 2 aliphatic heterocycles. The van der Waals surface area contributed by atoms with Crippen LogP contribution in [-0.4, -0.2) is 59.7 Å². The van der Waals surface area contributed by atoms with E-state index in [1.807, 2.05) is 18.7 Å². The quantitative estimate of drug-likeness (QED) is 0.831. The van der Waals surface area contributed by atoms with Crippen molar-refractivity contribution in [3.63, 3.8) is 0 Å². The summed E-state index contributed by atoms with van der Waals surface area (Å²) >= 11 is 0. The van der Waals surface area contributed by atoms with Gasteiger partial charge in [-0.25, -0.2) is 0 Å². The number of nitrogens with zero attached hydrogens (tertiary/aromatic N) is 3. The van der Waals surface area contributed by atoms with Crippen LogP contribution >= 0.6 is 0 Å². The van der Waals surface area contributed by atoms with Gasteiger partial charge in [-0.3, -0.25) is 9.69 Å². The van der Waals surface area contributed by atoms with Crippen molar-refractivity contribution in [3.05, 3.63) is 11.8 Å². The lowest BCUT2D eigenvalue weighted by Gasteiger charge is -2.35. The highest BCUT2D eigenvalue weighted by molar-refractivity contribution is 5.84. The predicted octanol–water partition coefficient (Wildman–Crippen LogP) is 2.12. The summed E-state index contributed by atoms with van der Waals surface area (Å²) in [7, 11) is 2.05. The van der Waals surface area contributed by atoms with Crippen molar-refractivity contribution in [2.24, 2.45) is 5.92 Å². The summed E-state index contributed by atoms with van der Waals surface area (Å²) in [6, 6.07) is 2.11. The van der Waals surface area contributed by atoms with Gasteiger partial charge in [0.25, 0.3) is 5.88 Å². The molecular weight excluding hydrogens is 294 g/mol. The zero-order valence-corrected chi connectivity index (χ0v) is 14.5. The monoisotopic (exact) mass is 321 g/mol. The minimum atomic E-state index is -0.288. The Bertz CT molecular complexity index is 551. The smallest absolute Gasteiger partial charge is 0.254 e. The summed E-state index contributed by atoms with van der Waals surface area (Å²) in [5, 5.41) is 4.01. The van der Waals surface area contributed by atoms with Crippen LogP contribution < -0.4 is 4.74 Å². The number of hydrogen-bond donors (Lipinski definition) is 0. The fraction of sp³-hybridized carbons (Fsp3) is 0.765. The normalized spacial score (nSPS) is 24.0. The first-order valence-electron chi connectivity index (χ1n) is 8.58. The maximum absolute atomic E-state index is 12.9. The van der Waals surface area contributed by atoms with E-state index in [1.165, 1.54) is 0 Å². The van der Waals surface area contributed by atoms with Gasteiger partial charge < -0.3 is 14.2 Å². The Hall–Kier alpha value is -1.56. The Morgan fingerprint density at radius 3 is 2.74 bits per heavy atom. The molecule has 3 heterocycles. The summed E-state index contributed by atoms with van der Waals surface area (Å²) in [4.78, 5) is 17.1. The average molecular weight is 321 g/mol. The molecule has 0 aliphatic carbocycles. The lowest BCUT2D eigenvalue weighted by molar-refractivity contribution is -0.134. The molecule has 1 aromatic heterocycles. The number of ether oxygens (including phenoxy) is 1. The van der Waals surface area contributed by atoms with E-state index in [9.17, 15) is 4.79 Å². The van der Waals surface area contributed by atoms with E-state index in [2.05, 4.69) is 24.0 Å². The molecule has 0 bridgehead atoms. The topological polar surface area (TPSA) is 58.8 Å². The second-order valence-corrected chi connectivity index (χ2v) is 7.27. The molecule has 2 fully saturated rings. The first-order valence-corrected chi connectivity index (χ1v) is 8.58. The summed E-state index contributed by atoms with van der Waals surface area (Å²) in [5.74, 6) is 1.13. The molecular formula is C17H27N3O3. The number of likely N-dealkylation sites (tertiary alicyclic amines) is 2. The van der Waals surface area contributed by atoms with Crippen LogP contribution in [-0.2, 0) is 4.79 Å². The second kappa shape index (κ2) is 6.51. The minimum Gasteiger partial charge on any atom is -0.469 e. The summed E-state index contributed by atoms with van der Waals surface area (Å²) in [6.45, 7) is 8.86. The highest BCUT2D eigenvalue weighted by atomic mass is 16.5. The molecule has 1 amide bonds. The maximum Gasteiger partial charge on any atom is 0.254 e. The van der Waals surface area contributed by atoms with Gasteiger partial charge in [0.1, 0.15) is 12.0 Å². The molecule has 23 heavy (non-hydrogen) atoms. The standard InChI is InChI=1S/C17H27N3O3/c1-11(2)16(17(21)20-7-5-6-12(20)3)14-8-15(18-23-14)22-13-9-19(4)10-13/h8,11-13,16H,5-7,9-10H2,1-4H3/t12-,16?/m1/s1. The van der Waals surface area contributed by atoms with E-state index in [0.29, 0.717) is 17.7 Å². The van der Waals surface area contributed by atoms with E-state index in [-0.39, 0.29) is 23.8 Å². The molecule has 6 heteroatoms. The number of carbonyl (C=O) groups excluding carboxylic acids is 1. The summed E-state index contributed by atoms with van der Waals surface area (Å²) in [5.41, 5.74) is 0. The van der Waals surface area contributed by atoms with Crippen LogP contribution in [0, 0.1) is 5.92 Å². The maximum atomic E-state index is 12.9. The molecule has 6 nitrogen and oxygen atoms in total. The largest absolute Gasteiger partial charge is 0.469 e. The number of hydrogen-bond acceptors (Lipinski definition) is 5. The van der Waals surface area contributed by atoms with Crippen molar-refractivity contribution in [3.8, 4) is 5.88 Å². The van der Waals surface area contributed by atoms with Crippen LogP contribution in [0.2, 0.25) is 0 Å². The number of likely N-dealkylation sites (N-methyl/N-ethyl adjacent to an activating group) is 1. The number of rotatable bonds is 5. The van der Waals surface area contributed by atoms with Crippen molar-refractivity contribution < 1.29 is 14.1 Å². The SMILES string of the molecule is CC(C)C(C(=O)N1CCC[C@H]1C)c1cc(OC2CN(C)C2)no1.